The number of aryl methyl sites for hydroxylation is 1. The van der Waals surface area contributed by atoms with Crippen LogP contribution in [0.3, 0.4) is 0 Å². The first kappa shape index (κ1) is 18.8. The van der Waals surface area contributed by atoms with Gasteiger partial charge in [-0.25, -0.2) is 5.43 Å². The van der Waals surface area contributed by atoms with Crippen LogP contribution in [0.5, 0.6) is 0 Å². The summed E-state index contributed by atoms with van der Waals surface area (Å²) < 4.78 is 7.57. The number of aromatic nitrogens is 4. The summed E-state index contributed by atoms with van der Waals surface area (Å²) in [5, 5.41) is 5.59. The molecular formula is C21H26N8O. The Labute approximate surface area is 175 Å². The lowest BCUT2D eigenvalue weighted by atomic mass is 10.2. The first-order valence-electron chi connectivity index (χ1n) is 10.4. The Morgan fingerprint density at radius 2 is 1.67 bits per heavy atom. The van der Waals surface area contributed by atoms with Gasteiger partial charge < -0.3 is 19.1 Å². The summed E-state index contributed by atoms with van der Waals surface area (Å²) in [6, 6.07) is 8.28. The van der Waals surface area contributed by atoms with Crippen molar-refractivity contribution in [2.45, 2.75) is 12.8 Å². The Hall–Kier alpha value is -3.20. The van der Waals surface area contributed by atoms with Gasteiger partial charge >= 0.3 is 0 Å². The minimum Gasteiger partial charge on any atom is -0.378 e. The molecule has 1 N–H and O–H groups in total. The molecule has 2 saturated heterocycles. The van der Waals surface area contributed by atoms with Crippen molar-refractivity contribution < 1.29 is 4.74 Å². The SMILES string of the molecule is Cn1cc(/C=N\Nc2nc(N3CCCC3)nc(N3CCOCC3)n2)c2ccccc21. The Morgan fingerprint density at radius 3 is 2.43 bits per heavy atom. The van der Waals surface area contributed by atoms with Gasteiger partial charge in [0.1, 0.15) is 0 Å². The van der Waals surface area contributed by atoms with E-state index >= 15 is 0 Å². The van der Waals surface area contributed by atoms with Crippen molar-refractivity contribution in [1.82, 2.24) is 19.5 Å². The van der Waals surface area contributed by atoms with Gasteiger partial charge in [-0.3, -0.25) is 0 Å². The number of morpholine rings is 1. The lowest BCUT2D eigenvalue weighted by molar-refractivity contribution is 0.122. The first-order chi connectivity index (χ1) is 14.8. The van der Waals surface area contributed by atoms with Crippen LogP contribution in [0.15, 0.2) is 35.6 Å². The van der Waals surface area contributed by atoms with E-state index in [4.69, 9.17) is 9.72 Å². The van der Waals surface area contributed by atoms with E-state index in [1.54, 1.807) is 0 Å². The van der Waals surface area contributed by atoms with Gasteiger partial charge in [-0.1, -0.05) is 18.2 Å². The zero-order valence-electron chi connectivity index (χ0n) is 17.2. The fourth-order valence-electron chi connectivity index (χ4n) is 4.00. The van der Waals surface area contributed by atoms with Crippen LogP contribution in [0.2, 0.25) is 0 Å². The van der Waals surface area contributed by atoms with Crippen LogP contribution in [0.25, 0.3) is 10.9 Å². The van der Waals surface area contributed by atoms with Gasteiger partial charge in [0.25, 0.3) is 0 Å². The zero-order valence-corrected chi connectivity index (χ0v) is 17.2. The highest BCUT2D eigenvalue weighted by molar-refractivity contribution is 5.99. The molecule has 0 amide bonds. The average Bonchev–Trinajstić information content (AvgIpc) is 3.44. The second-order valence-corrected chi connectivity index (χ2v) is 7.64. The monoisotopic (exact) mass is 406 g/mol. The van der Waals surface area contributed by atoms with E-state index < -0.39 is 0 Å². The lowest BCUT2D eigenvalue weighted by Crippen LogP contribution is -2.38. The molecule has 9 heteroatoms. The van der Waals surface area contributed by atoms with Crippen molar-refractivity contribution in [2.75, 3.05) is 54.6 Å². The van der Waals surface area contributed by atoms with Crippen LogP contribution in [-0.4, -0.2) is 65.1 Å². The average molecular weight is 406 g/mol. The van der Waals surface area contributed by atoms with E-state index in [1.165, 1.54) is 18.4 Å². The first-order valence-corrected chi connectivity index (χ1v) is 10.4. The molecule has 2 aliphatic heterocycles. The third kappa shape index (κ3) is 3.80. The minimum atomic E-state index is 0.463. The largest absolute Gasteiger partial charge is 0.378 e. The normalized spacial score (nSPS) is 17.4. The highest BCUT2D eigenvalue weighted by Crippen LogP contribution is 2.22. The van der Waals surface area contributed by atoms with Crippen molar-refractivity contribution in [3.63, 3.8) is 0 Å². The predicted molar refractivity (Wildman–Crippen MR) is 118 cm³/mol. The van der Waals surface area contributed by atoms with E-state index in [2.05, 4.69) is 53.2 Å². The maximum atomic E-state index is 5.47. The summed E-state index contributed by atoms with van der Waals surface area (Å²) in [5.74, 6) is 1.86. The number of fused-ring (bicyclic) bond motifs is 1. The Bertz CT molecular complexity index is 1050. The second kappa shape index (κ2) is 8.27. The van der Waals surface area contributed by atoms with E-state index in [0.717, 1.165) is 37.1 Å². The van der Waals surface area contributed by atoms with E-state index in [-0.39, 0.29) is 0 Å². The molecular weight excluding hydrogens is 380 g/mol. The number of nitrogens with one attached hydrogen (secondary N) is 1. The third-order valence-corrected chi connectivity index (χ3v) is 5.59. The summed E-state index contributed by atoms with van der Waals surface area (Å²) in [6.45, 7) is 4.89. The Kier molecular flexibility index (Phi) is 5.18. The van der Waals surface area contributed by atoms with Gasteiger partial charge in [-0.15, -0.1) is 0 Å². The molecule has 1 aromatic carbocycles. The molecule has 0 saturated carbocycles. The van der Waals surface area contributed by atoms with Gasteiger partial charge in [0.05, 0.1) is 19.4 Å². The summed E-state index contributed by atoms with van der Waals surface area (Å²) in [4.78, 5) is 18.3. The molecule has 0 unspecified atom stereocenters. The molecule has 0 atom stereocenters. The summed E-state index contributed by atoms with van der Waals surface area (Å²) in [7, 11) is 2.04. The summed E-state index contributed by atoms with van der Waals surface area (Å²) in [6.07, 6.45) is 6.22. The van der Waals surface area contributed by atoms with E-state index in [0.29, 0.717) is 31.1 Å². The fourth-order valence-corrected chi connectivity index (χ4v) is 4.00. The molecule has 2 fully saturated rings. The Morgan fingerprint density at radius 1 is 0.967 bits per heavy atom. The Balaban J connectivity index is 1.41. The molecule has 9 nitrogen and oxygen atoms in total. The van der Waals surface area contributed by atoms with Crippen molar-refractivity contribution in [2.24, 2.45) is 12.1 Å². The van der Waals surface area contributed by atoms with Crippen LogP contribution < -0.4 is 15.2 Å². The number of hydrogen-bond acceptors (Lipinski definition) is 8. The fraction of sp³-hybridized carbons (Fsp3) is 0.429. The van der Waals surface area contributed by atoms with Gasteiger partial charge in [-0.2, -0.15) is 20.1 Å². The van der Waals surface area contributed by atoms with Gasteiger partial charge in [0.15, 0.2) is 0 Å². The molecule has 0 aliphatic carbocycles. The number of hydrazone groups is 1. The molecule has 30 heavy (non-hydrogen) atoms. The lowest BCUT2D eigenvalue weighted by Gasteiger charge is -2.27. The van der Waals surface area contributed by atoms with E-state index in [9.17, 15) is 0 Å². The van der Waals surface area contributed by atoms with Crippen LogP contribution >= 0.6 is 0 Å². The van der Waals surface area contributed by atoms with Crippen LogP contribution in [-0.2, 0) is 11.8 Å². The maximum absolute atomic E-state index is 5.47. The summed E-state index contributed by atoms with van der Waals surface area (Å²) >= 11 is 0. The summed E-state index contributed by atoms with van der Waals surface area (Å²) in [5.41, 5.74) is 5.24. The van der Waals surface area contributed by atoms with Crippen molar-refractivity contribution >= 4 is 35.0 Å². The van der Waals surface area contributed by atoms with Crippen molar-refractivity contribution in [3.8, 4) is 0 Å². The molecule has 4 heterocycles. The molecule has 0 spiro atoms. The number of nitrogens with zero attached hydrogens (tertiary/aromatic N) is 7. The predicted octanol–water partition coefficient (Wildman–Crippen LogP) is 2.25. The number of benzene rings is 1. The van der Waals surface area contributed by atoms with Crippen LogP contribution in [0.1, 0.15) is 18.4 Å². The molecule has 2 aliphatic rings. The number of para-hydroxylation sites is 1. The number of anilines is 3. The molecule has 156 valence electrons. The molecule has 2 aromatic heterocycles. The highest BCUT2D eigenvalue weighted by Gasteiger charge is 2.21. The van der Waals surface area contributed by atoms with Crippen molar-refractivity contribution in [3.05, 3.63) is 36.0 Å². The van der Waals surface area contributed by atoms with Gasteiger partial charge in [0.2, 0.25) is 17.8 Å². The standard InChI is InChI=1S/C21H26N8O/c1-27-15-16(17-6-2-3-7-18(17)27)14-22-26-19-23-20(28-8-4-5-9-28)25-21(24-19)29-10-12-30-13-11-29/h2-3,6-7,14-15H,4-5,8-13H2,1H3,(H,23,24,25,26)/b22-14-. The number of hydrogen-bond donors (Lipinski definition) is 1. The molecule has 0 radical (unpaired) electrons. The number of rotatable bonds is 5. The van der Waals surface area contributed by atoms with Gasteiger partial charge in [0, 0.05) is 55.9 Å². The van der Waals surface area contributed by atoms with E-state index in [1.807, 2.05) is 25.4 Å². The quantitative estimate of drug-likeness (QED) is 0.514. The van der Waals surface area contributed by atoms with Crippen molar-refractivity contribution in [1.29, 1.82) is 0 Å². The maximum Gasteiger partial charge on any atom is 0.250 e. The highest BCUT2D eigenvalue weighted by atomic mass is 16.5. The second-order valence-electron chi connectivity index (χ2n) is 7.64. The topological polar surface area (TPSA) is 83.7 Å². The smallest absolute Gasteiger partial charge is 0.250 e. The minimum absolute atomic E-state index is 0.463. The molecule has 0 bridgehead atoms. The van der Waals surface area contributed by atoms with Gasteiger partial charge in [-0.05, 0) is 18.9 Å². The van der Waals surface area contributed by atoms with Crippen LogP contribution in [0.4, 0.5) is 17.8 Å². The molecule has 5 rings (SSSR count). The van der Waals surface area contributed by atoms with Crippen LogP contribution in [0, 0.1) is 0 Å². The number of ether oxygens (including phenoxy) is 1. The third-order valence-electron chi connectivity index (χ3n) is 5.59. The zero-order chi connectivity index (χ0) is 20.3. The molecule has 3 aromatic rings.